The van der Waals surface area contributed by atoms with Crippen LogP contribution in [0.4, 0.5) is 0 Å². The summed E-state index contributed by atoms with van der Waals surface area (Å²) in [5.74, 6) is 0.590. The van der Waals surface area contributed by atoms with E-state index in [1.165, 1.54) is 12.8 Å². The van der Waals surface area contributed by atoms with Crippen molar-refractivity contribution in [2.45, 2.75) is 30.5 Å². The lowest BCUT2D eigenvalue weighted by atomic mass is 10.1. The molecule has 1 fully saturated rings. The van der Waals surface area contributed by atoms with Crippen LogP contribution in [0.5, 0.6) is 0 Å². The van der Waals surface area contributed by atoms with Gasteiger partial charge in [-0.05, 0) is 31.5 Å². The van der Waals surface area contributed by atoms with Gasteiger partial charge in [0, 0.05) is 11.8 Å². The molecule has 1 aromatic heterocycles. The molecule has 18 heavy (non-hydrogen) atoms. The molecule has 0 amide bonds. The normalized spacial score (nSPS) is 22.1. The highest BCUT2D eigenvalue weighted by molar-refractivity contribution is 7.84. The Labute approximate surface area is 108 Å². The zero-order chi connectivity index (χ0) is 12.4. The van der Waals surface area contributed by atoms with Crippen molar-refractivity contribution in [3.63, 3.8) is 0 Å². The van der Waals surface area contributed by atoms with Gasteiger partial charge in [-0.1, -0.05) is 18.6 Å². The highest BCUT2D eigenvalue weighted by Crippen LogP contribution is 2.18. The van der Waals surface area contributed by atoms with Crippen LogP contribution in [-0.2, 0) is 10.8 Å². The Kier molecular flexibility index (Phi) is 3.43. The van der Waals surface area contributed by atoms with Gasteiger partial charge >= 0.3 is 0 Å². The molecule has 0 saturated carbocycles. The van der Waals surface area contributed by atoms with Crippen LogP contribution < -0.4 is 5.32 Å². The van der Waals surface area contributed by atoms with Crippen LogP contribution in [0.25, 0.3) is 11.1 Å². The van der Waals surface area contributed by atoms with Crippen LogP contribution in [0.1, 0.15) is 19.3 Å². The number of benzene rings is 1. The average molecular weight is 264 g/mol. The van der Waals surface area contributed by atoms with E-state index in [1.807, 2.05) is 24.3 Å². The lowest BCUT2D eigenvalue weighted by molar-refractivity contribution is 0.423. The summed E-state index contributed by atoms with van der Waals surface area (Å²) >= 11 is 0. The minimum Gasteiger partial charge on any atom is -0.430 e. The van der Waals surface area contributed by atoms with Gasteiger partial charge < -0.3 is 9.73 Å². The number of oxazole rings is 1. The van der Waals surface area contributed by atoms with Crippen LogP contribution in [0, 0.1) is 0 Å². The maximum Gasteiger partial charge on any atom is 0.287 e. The van der Waals surface area contributed by atoms with Crippen molar-refractivity contribution in [1.29, 1.82) is 0 Å². The quantitative estimate of drug-likeness (QED) is 0.922. The molecule has 0 bridgehead atoms. The Bertz CT molecular complexity index is 528. The van der Waals surface area contributed by atoms with Gasteiger partial charge in [0.25, 0.3) is 5.22 Å². The highest BCUT2D eigenvalue weighted by Gasteiger charge is 2.19. The lowest BCUT2D eigenvalue weighted by Gasteiger charge is -2.22. The molecule has 1 N–H and O–H groups in total. The third-order valence-electron chi connectivity index (χ3n) is 3.23. The van der Waals surface area contributed by atoms with Gasteiger partial charge in [0.05, 0.1) is 0 Å². The first-order valence-electron chi connectivity index (χ1n) is 6.30. The molecule has 0 unspecified atom stereocenters. The van der Waals surface area contributed by atoms with Gasteiger partial charge in [-0.15, -0.1) is 0 Å². The van der Waals surface area contributed by atoms with E-state index in [-0.39, 0.29) is 0 Å². The predicted octanol–water partition coefficient (Wildman–Crippen LogP) is 2.08. The van der Waals surface area contributed by atoms with E-state index in [0.29, 0.717) is 22.6 Å². The molecule has 2 aromatic rings. The van der Waals surface area contributed by atoms with Crippen molar-refractivity contribution in [2.75, 3.05) is 12.3 Å². The summed E-state index contributed by atoms with van der Waals surface area (Å²) in [4.78, 5) is 4.28. The van der Waals surface area contributed by atoms with E-state index in [0.717, 1.165) is 18.5 Å². The fraction of sp³-hybridized carbons (Fsp3) is 0.462. The van der Waals surface area contributed by atoms with E-state index in [9.17, 15) is 4.21 Å². The molecule has 0 aliphatic carbocycles. The minimum absolute atomic E-state index is 0.328. The first-order valence-corrected chi connectivity index (χ1v) is 7.62. The molecular weight excluding hydrogens is 248 g/mol. The second-order valence-electron chi connectivity index (χ2n) is 4.61. The van der Waals surface area contributed by atoms with Crippen LogP contribution in [0.3, 0.4) is 0 Å². The molecule has 2 atom stereocenters. The molecule has 0 radical (unpaired) electrons. The molecule has 0 spiro atoms. The van der Waals surface area contributed by atoms with Gasteiger partial charge in [-0.25, -0.2) is 9.19 Å². The zero-order valence-electron chi connectivity index (χ0n) is 10.1. The fourth-order valence-corrected chi connectivity index (χ4v) is 3.44. The summed E-state index contributed by atoms with van der Waals surface area (Å²) in [6.45, 7) is 1.02. The highest BCUT2D eigenvalue weighted by atomic mass is 32.2. The maximum absolute atomic E-state index is 12.2. The van der Waals surface area contributed by atoms with Crippen molar-refractivity contribution in [3.05, 3.63) is 24.3 Å². The standard InChI is InChI=1S/C13H16N2O2S/c16-18(9-10-5-3-4-8-14-10)13-15-11-6-1-2-7-12(11)17-13/h1-2,6-7,10,14H,3-5,8-9H2/t10-,18+/m0/s1. The Balaban J connectivity index is 1.74. The molecule has 5 heteroatoms. The topological polar surface area (TPSA) is 55.1 Å². The summed E-state index contributed by atoms with van der Waals surface area (Å²) in [7, 11) is -1.15. The first-order chi connectivity index (χ1) is 8.83. The predicted molar refractivity (Wildman–Crippen MR) is 70.9 cm³/mol. The van der Waals surface area contributed by atoms with E-state index < -0.39 is 10.8 Å². The van der Waals surface area contributed by atoms with E-state index >= 15 is 0 Å². The van der Waals surface area contributed by atoms with Gasteiger partial charge in [-0.3, -0.25) is 0 Å². The van der Waals surface area contributed by atoms with Crippen LogP contribution >= 0.6 is 0 Å². The summed E-state index contributed by atoms with van der Waals surface area (Å²) in [6, 6.07) is 7.85. The molecule has 3 rings (SSSR count). The average Bonchev–Trinajstić information content (AvgIpc) is 2.84. The van der Waals surface area contributed by atoms with Gasteiger partial charge in [0.15, 0.2) is 5.58 Å². The van der Waals surface area contributed by atoms with Crippen molar-refractivity contribution in [1.82, 2.24) is 10.3 Å². The summed E-state index contributed by atoms with van der Waals surface area (Å²) in [5.41, 5.74) is 1.48. The molecule has 1 aromatic carbocycles. The number of hydrogen-bond donors (Lipinski definition) is 1. The van der Waals surface area contributed by atoms with Crippen molar-refractivity contribution < 1.29 is 8.63 Å². The van der Waals surface area contributed by atoms with Gasteiger partial charge in [-0.2, -0.15) is 0 Å². The monoisotopic (exact) mass is 264 g/mol. The molecule has 1 aliphatic heterocycles. The Hall–Kier alpha value is -1.20. The molecule has 2 heterocycles. The Morgan fingerprint density at radius 2 is 2.28 bits per heavy atom. The Morgan fingerprint density at radius 3 is 3.06 bits per heavy atom. The van der Waals surface area contributed by atoms with Crippen LogP contribution in [0.15, 0.2) is 33.9 Å². The van der Waals surface area contributed by atoms with Crippen molar-refractivity contribution in [3.8, 4) is 0 Å². The van der Waals surface area contributed by atoms with E-state index in [1.54, 1.807) is 0 Å². The molecule has 4 nitrogen and oxygen atoms in total. The molecule has 96 valence electrons. The van der Waals surface area contributed by atoms with Crippen LogP contribution in [-0.4, -0.2) is 27.5 Å². The molecule has 1 saturated heterocycles. The molecular formula is C13H16N2O2S. The van der Waals surface area contributed by atoms with Gasteiger partial charge in [0.2, 0.25) is 0 Å². The second-order valence-corrected chi connectivity index (χ2v) is 5.98. The van der Waals surface area contributed by atoms with E-state index in [2.05, 4.69) is 10.3 Å². The number of rotatable bonds is 3. The lowest BCUT2D eigenvalue weighted by Crippen LogP contribution is -2.38. The van der Waals surface area contributed by atoms with Crippen molar-refractivity contribution in [2.24, 2.45) is 0 Å². The number of hydrogen-bond acceptors (Lipinski definition) is 4. The van der Waals surface area contributed by atoms with E-state index in [4.69, 9.17) is 4.42 Å². The maximum atomic E-state index is 12.2. The summed E-state index contributed by atoms with van der Waals surface area (Å²) in [6.07, 6.45) is 3.51. The zero-order valence-corrected chi connectivity index (χ0v) is 10.9. The van der Waals surface area contributed by atoms with Crippen LogP contribution in [0.2, 0.25) is 0 Å². The smallest absolute Gasteiger partial charge is 0.287 e. The summed E-state index contributed by atoms with van der Waals surface area (Å²) < 4.78 is 17.7. The third kappa shape index (κ3) is 2.47. The fourth-order valence-electron chi connectivity index (χ4n) is 2.27. The number of nitrogens with one attached hydrogen (secondary N) is 1. The number of aromatic nitrogens is 1. The number of nitrogens with zero attached hydrogens (tertiary/aromatic N) is 1. The SMILES string of the molecule is O=[S@](C[C@@H]1CCCCN1)c1nc2ccccc2o1. The number of fused-ring (bicyclic) bond motifs is 1. The minimum atomic E-state index is -1.15. The second kappa shape index (κ2) is 5.20. The largest absolute Gasteiger partial charge is 0.430 e. The van der Waals surface area contributed by atoms with Crippen molar-refractivity contribution >= 4 is 21.9 Å². The first kappa shape index (κ1) is 11.9. The third-order valence-corrected chi connectivity index (χ3v) is 4.50. The number of piperidine rings is 1. The van der Waals surface area contributed by atoms with Gasteiger partial charge in [0.1, 0.15) is 16.3 Å². The molecule has 1 aliphatic rings. The summed E-state index contributed by atoms with van der Waals surface area (Å²) in [5, 5.41) is 3.74. The Morgan fingerprint density at radius 1 is 1.39 bits per heavy atom. The number of para-hydroxylation sites is 2.